The molecule has 0 bridgehead atoms. The Morgan fingerprint density at radius 2 is 1.76 bits per heavy atom. The quantitative estimate of drug-likeness (QED) is 0.318. The van der Waals surface area contributed by atoms with Gasteiger partial charge >= 0.3 is 0 Å². The first kappa shape index (κ1) is 18.9. The van der Waals surface area contributed by atoms with Crippen molar-refractivity contribution in [1.29, 1.82) is 0 Å². The molecule has 0 spiro atoms. The van der Waals surface area contributed by atoms with Crippen LogP contribution in [0.2, 0.25) is 19.6 Å². The minimum absolute atomic E-state index is 0.194. The van der Waals surface area contributed by atoms with Crippen molar-refractivity contribution in [3.63, 3.8) is 0 Å². The zero-order valence-electron chi connectivity index (χ0n) is 14.6. The number of ether oxygens (including phenoxy) is 2. The Hall–Kier alpha value is -0.163. The summed E-state index contributed by atoms with van der Waals surface area (Å²) in [4.78, 5) is 0. The summed E-state index contributed by atoms with van der Waals surface area (Å²) >= 11 is 0. The molecule has 0 saturated carbocycles. The van der Waals surface area contributed by atoms with E-state index in [0.717, 1.165) is 32.5 Å². The van der Waals surface area contributed by atoms with E-state index in [4.69, 9.17) is 13.9 Å². The van der Waals surface area contributed by atoms with Gasteiger partial charge in [0.25, 0.3) is 0 Å². The van der Waals surface area contributed by atoms with Crippen molar-refractivity contribution in [2.24, 2.45) is 0 Å². The van der Waals surface area contributed by atoms with Gasteiger partial charge in [-0.25, -0.2) is 0 Å². The molecular formula is C17H34O3Si. The summed E-state index contributed by atoms with van der Waals surface area (Å²) in [6.45, 7) is 13.5. The fraction of sp³-hybridized carbons (Fsp3) is 0.882. The van der Waals surface area contributed by atoms with Crippen molar-refractivity contribution in [2.75, 3.05) is 19.8 Å². The highest BCUT2D eigenvalue weighted by Gasteiger charge is 2.30. The van der Waals surface area contributed by atoms with Crippen molar-refractivity contribution in [1.82, 2.24) is 0 Å². The number of rotatable bonds is 11. The minimum Gasteiger partial charge on any atom is -0.411 e. The molecule has 4 heteroatoms. The van der Waals surface area contributed by atoms with Crippen LogP contribution >= 0.6 is 0 Å². The maximum Gasteiger partial charge on any atom is 0.184 e. The van der Waals surface area contributed by atoms with Crippen LogP contribution in [0, 0.1) is 0 Å². The lowest BCUT2D eigenvalue weighted by Gasteiger charge is -2.23. The SMILES string of the molecule is CCCCOCC1=C[C@H](O[Si](C)(C)C)C[C@@H]1OCCCC. The highest BCUT2D eigenvalue weighted by molar-refractivity contribution is 6.69. The second-order valence-corrected chi connectivity index (χ2v) is 11.3. The summed E-state index contributed by atoms with van der Waals surface area (Å²) in [5.74, 6) is 0. The molecule has 124 valence electrons. The fourth-order valence-electron chi connectivity index (χ4n) is 2.44. The molecule has 0 heterocycles. The molecule has 0 amide bonds. The van der Waals surface area contributed by atoms with Gasteiger partial charge in [-0.05, 0) is 38.1 Å². The van der Waals surface area contributed by atoms with E-state index in [-0.39, 0.29) is 12.2 Å². The van der Waals surface area contributed by atoms with Crippen molar-refractivity contribution in [2.45, 2.75) is 77.8 Å². The van der Waals surface area contributed by atoms with E-state index in [0.29, 0.717) is 6.61 Å². The number of hydrogen-bond acceptors (Lipinski definition) is 3. The van der Waals surface area contributed by atoms with E-state index in [9.17, 15) is 0 Å². The molecule has 0 radical (unpaired) electrons. The lowest BCUT2D eigenvalue weighted by atomic mass is 10.2. The smallest absolute Gasteiger partial charge is 0.184 e. The van der Waals surface area contributed by atoms with Gasteiger partial charge in [0.2, 0.25) is 0 Å². The Morgan fingerprint density at radius 3 is 2.38 bits per heavy atom. The molecule has 0 saturated heterocycles. The summed E-state index contributed by atoms with van der Waals surface area (Å²) < 4.78 is 18.0. The van der Waals surface area contributed by atoms with E-state index in [2.05, 4.69) is 39.6 Å². The summed E-state index contributed by atoms with van der Waals surface area (Å²) in [5, 5.41) is 0. The number of hydrogen-bond donors (Lipinski definition) is 0. The van der Waals surface area contributed by atoms with Gasteiger partial charge in [-0.3, -0.25) is 0 Å². The van der Waals surface area contributed by atoms with Crippen molar-refractivity contribution in [3.8, 4) is 0 Å². The topological polar surface area (TPSA) is 27.7 Å². The third kappa shape index (κ3) is 8.14. The Balaban J connectivity index is 2.49. The molecule has 1 aliphatic rings. The molecule has 0 aliphatic heterocycles. The van der Waals surface area contributed by atoms with E-state index in [1.165, 1.54) is 18.4 Å². The highest BCUT2D eigenvalue weighted by Crippen LogP contribution is 2.27. The summed E-state index contributed by atoms with van der Waals surface area (Å²) in [5.41, 5.74) is 1.28. The molecule has 21 heavy (non-hydrogen) atoms. The van der Waals surface area contributed by atoms with Crippen LogP contribution in [0.5, 0.6) is 0 Å². The largest absolute Gasteiger partial charge is 0.411 e. The summed E-state index contributed by atoms with van der Waals surface area (Å²) in [7, 11) is -1.50. The van der Waals surface area contributed by atoms with Gasteiger partial charge in [-0.1, -0.05) is 32.8 Å². The van der Waals surface area contributed by atoms with Gasteiger partial charge in [0, 0.05) is 19.6 Å². The van der Waals surface area contributed by atoms with Gasteiger partial charge < -0.3 is 13.9 Å². The Morgan fingerprint density at radius 1 is 1.10 bits per heavy atom. The molecule has 0 fully saturated rings. The first-order valence-corrected chi connectivity index (χ1v) is 11.9. The average Bonchev–Trinajstić information content (AvgIpc) is 2.75. The second kappa shape index (κ2) is 9.77. The van der Waals surface area contributed by atoms with Gasteiger partial charge in [0.05, 0.1) is 18.8 Å². The lowest BCUT2D eigenvalue weighted by molar-refractivity contribution is 0.0471. The molecule has 0 unspecified atom stereocenters. The van der Waals surface area contributed by atoms with E-state index in [1.54, 1.807) is 0 Å². The Bertz CT molecular complexity index is 310. The third-order valence-electron chi connectivity index (χ3n) is 3.49. The zero-order valence-corrected chi connectivity index (χ0v) is 15.6. The normalized spacial score (nSPS) is 22.6. The van der Waals surface area contributed by atoms with E-state index in [1.807, 2.05) is 0 Å². The number of unbranched alkanes of at least 4 members (excludes halogenated alkanes) is 2. The summed E-state index contributed by atoms with van der Waals surface area (Å²) in [6.07, 6.45) is 8.22. The third-order valence-corrected chi connectivity index (χ3v) is 4.50. The standard InChI is InChI=1S/C17H34O3Si/c1-6-8-10-18-14-15-12-16(20-21(3,4)5)13-17(15)19-11-9-7-2/h12,16-17H,6-11,13-14H2,1-5H3/t16-,17-/m0/s1. The van der Waals surface area contributed by atoms with E-state index < -0.39 is 8.32 Å². The summed E-state index contributed by atoms with van der Waals surface area (Å²) in [6, 6.07) is 0. The maximum atomic E-state index is 6.22. The Labute approximate surface area is 132 Å². The Kier molecular flexibility index (Phi) is 8.79. The lowest BCUT2D eigenvalue weighted by Crippen LogP contribution is -2.31. The predicted octanol–water partition coefficient (Wildman–Crippen LogP) is 4.54. The minimum atomic E-state index is -1.50. The van der Waals surface area contributed by atoms with Crippen LogP contribution in [0.4, 0.5) is 0 Å². The highest BCUT2D eigenvalue weighted by atomic mass is 28.4. The van der Waals surface area contributed by atoms with Crippen LogP contribution in [0.25, 0.3) is 0 Å². The molecule has 0 aromatic heterocycles. The zero-order chi connectivity index (χ0) is 15.7. The molecule has 3 nitrogen and oxygen atoms in total. The van der Waals surface area contributed by atoms with Crippen LogP contribution in [0.1, 0.15) is 46.0 Å². The maximum absolute atomic E-state index is 6.22. The van der Waals surface area contributed by atoms with Crippen molar-refractivity contribution >= 4 is 8.32 Å². The van der Waals surface area contributed by atoms with Crippen molar-refractivity contribution in [3.05, 3.63) is 11.6 Å². The van der Waals surface area contributed by atoms with Crippen LogP contribution < -0.4 is 0 Å². The molecule has 0 aromatic rings. The van der Waals surface area contributed by atoms with Crippen LogP contribution in [0.3, 0.4) is 0 Å². The first-order chi connectivity index (χ1) is 9.96. The monoisotopic (exact) mass is 314 g/mol. The van der Waals surface area contributed by atoms with Crippen LogP contribution in [-0.4, -0.2) is 40.3 Å². The molecule has 1 aliphatic carbocycles. The molecule has 0 N–H and O–H groups in total. The van der Waals surface area contributed by atoms with Crippen molar-refractivity contribution < 1.29 is 13.9 Å². The second-order valence-electron chi connectivity index (χ2n) is 6.87. The average molecular weight is 315 g/mol. The van der Waals surface area contributed by atoms with Gasteiger partial charge in [-0.2, -0.15) is 0 Å². The van der Waals surface area contributed by atoms with Crippen LogP contribution in [0.15, 0.2) is 11.6 Å². The fourth-order valence-corrected chi connectivity index (χ4v) is 3.51. The predicted molar refractivity (Wildman–Crippen MR) is 91.3 cm³/mol. The van der Waals surface area contributed by atoms with E-state index >= 15 is 0 Å². The van der Waals surface area contributed by atoms with Gasteiger partial charge in [-0.15, -0.1) is 0 Å². The molecule has 0 aromatic carbocycles. The van der Waals surface area contributed by atoms with Gasteiger partial charge in [0.15, 0.2) is 8.32 Å². The molecule has 2 atom stereocenters. The van der Waals surface area contributed by atoms with Crippen LogP contribution in [-0.2, 0) is 13.9 Å². The first-order valence-electron chi connectivity index (χ1n) is 8.54. The molecule has 1 rings (SSSR count). The molecular weight excluding hydrogens is 280 g/mol. The van der Waals surface area contributed by atoms with Gasteiger partial charge in [0.1, 0.15) is 0 Å².